The van der Waals surface area contributed by atoms with Gasteiger partial charge in [0.25, 0.3) is 0 Å². The quantitative estimate of drug-likeness (QED) is 0.847. The fourth-order valence-electron chi connectivity index (χ4n) is 3.25. The molecule has 120 valence electrons. The predicted molar refractivity (Wildman–Crippen MR) is 86.7 cm³/mol. The molecule has 2 aliphatic rings. The lowest BCUT2D eigenvalue weighted by Crippen LogP contribution is -2.46. The van der Waals surface area contributed by atoms with E-state index in [1.807, 2.05) is 16.7 Å². The number of fused-ring (bicyclic) bond motifs is 3. The van der Waals surface area contributed by atoms with Gasteiger partial charge < -0.3 is 10.6 Å². The van der Waals surface area contributed by atoms with Crippen molar-refractivity contribution in [1.29, 1.82) is 0 Å². The second-order valence-corrected chi connectivity index (χ2v) is 6.03. The van der Waals surface area contributed by atoms with Crippen LogP contribution in [-0.2, 0) is 17.6 Å². The monoisotopic (exact) mass is 312 g/mol. The Labute approximate surface area is 134 Å². The molecule has 0 radical (unpaired) electrons. The highest BCUT2D eigenvalue weighted by Crippen LogP contribution is 2.26. The van der Waals surface area contributed by atoms with Gasteiger partial charge in [0.05, 0.1) is 12.2 Å². The van der Waals surface area contributed by atoms with E-state index in [0.717, 1.165) is 56.2 Å². The molecule has 2 aromatic rings. The van der Waals surface area contributed by atoms with Crippen LogP contribution < -0.4 is 10.6 Å². The number of piperazine rings is 1. The highest BCUT2D eigenvalue weighted by Gasteiger charge is 2.18. The average molecular weight is 312 g/mol. The van der Waals surface area contributed by atoms with E-state index >= 15 is 0 Å². The first-order valence-corrected chi connectivity index (χ1v) is 8.05. The molecule has 0 saturated carbocycles. The number of nitrogens with zero attached hydrogens (tertiary/aromatic N) is 4. The molecular weight excluding hydrogens is 292 g/mol. The summed E-state index contributed by atoms with van der Waals surface area (Å²) in [6.45, 7) is 4.21. The van der Waals surface area contributed by atoms with Crippen molar-refractivity contribution in [1.82, 2.24) is 25.0 Å². The SMILES string of the molecule is O=C(CN1CCNCC1)Nc1ccc2c(c1)CCc1nncn1-2. The molecule has 1 aromatic heterocycles. The number of aromatic nitrogens is 3. The van der Waals surface area contributed by atoms with Crippen LogP contribution in [0.15, 0.2) is 24.5 Å². The molecule has 0 aliphatic carbocycles. The van der Waals surface area contributed by atoms with Gasteiger partial charge in [0.2, 0.25) is 5.91 Å². The maximum Gasteiger partial charge on any atom is 0.238 e. The molecule has 0 unspecified atom stereocenters. The zero-order valence-electron chi connectivity index (χ0n) is 13.0. The lowest BCUT2D eigenvalue weighted by Gasteiger charge is -2.26. The minimum Gasteiger partial charge on any atom is -0.325 e. The third kappa shape index (κ3) is 2.97. The number of aryl methyl sites for hydroxylation is 2. The molecular formula is C16H20N6O. The standard InChI is InChI=1S/C16H20N6O/c23-16(10-21-7-5-17-6-8-21)19-13-2-3-14-12(9-13)1-4-15-20-18-11-22(14)15/h2-3,9,11,17H,1,4-8,10H2,(H,19,23). The Morgan fingerprint density at radius 2 is 2.13 bits per heavy atom. The van der Waals surface area contributed by atoms with Crippen LogP contribution in [0, 0.1) is 0 Å². The number of benzene rings is 1. The summed E-state index contributed by atoms with van der Waals surface area (Å²) in [7, 11) is 0. The van der Waals surface area contributed by atoms with Gasteiger partial charge in [-0.2, -0.15) is 0 Å². The zero-order chi connectivity index (χ0) is 15.6. The summed E-state index contributed by atoms with van der Waals surface area (Å²) < 4.78 is 2.02. The van der Waals surface area contributed by atoms with Crippen LogP contribution in [-0.4, -0.2) is 58.3 Å². The Morgan fingerprint density at radius 1 is 1.26 bits per heavy atom. The summed E-state index contributed by atoms with van der Waals surface area (Å²) in [6, 6.07) is 6.04. The normalized spacial score (nSPS) is 17.4. The van der Waals surface area contributed by atoms with Crippen LogP contribution in [0.2, 0.25) is 0 Å². The van der Waals surface area contributed by atoms with Crippen molar-refractivity contribution in [2.75, 3.05) is 38.0 Å². The number of nitrogens with one attached hydrogen (secondary N) is 2. The second kappa shape index (κ2) is 6.10. The minimum atomic E-state index is 0.0487. The highest BCUT2D eigenvalue weighted by molar-refractivity contribution is 5.92. The van der Waals surface area contributed by atoms with E-state index in [4.69, 9.17) is 0 Å². The molecule has 2 aliphatic heterocycles. The summed E-state index contributed by atoms with van der Waals surface area (Å²) in [5, 5.41) is 14.4. The molecule has 2 N–H and O–H groups in total. The molecule has 7 nitrogen and oxygen atoms in total. The van der Waals surface area contributed by atoms with Crippen LogP contribution in [0.25, 0.3) is 5.69 Å². The van der Waals surface area contributed by atoms with E-state index < -0.39 is 0 Å². The zero-order valence-corrected chi connectivity index (χ0v) is 13.0. The molecule has 23 heavy (non-hydrogen) atoms. The van der Waals surface area contributed by atoms with Crippen molar-refractivity contribution in [3.05, 3.63) is 35.9 Å². The van der Waals surface area contributed by atoms with Gasteiger partial charge in [-0.1, -0.05) is 0 Å². The minimum absolute atomic E-state index is 0.0487. The fourth-order valence-corrected chi connectivity index (χ4v) is 3.25. The predicted octanol–water partition coefficient (Wildman–Crippen LogP) is 0.210. The Balaban J connectivity index is 1.45. The van der Waals surface area contributed by atoms with Crippen LogP contribution in [0.3, 0.4) is 0 Å². The van der Waals surface area contributed by atoms with E-state index in [2.05, 4.69) is 31.8 Å². The van der Waals surface area contributed by atoms with E-state index in [1.54, 1.807) is 6.33 Å². The van der Waals surface area contributed by atoms with Gasteiger partial charge in [-0.3, -0.25) is 14.3 Å². The number of anilines is 1. The van der Waals surface area contributed by atoms with Crippen LogP contribution in [0.1, 0.15) is 11.4 Å². The van der Waals surface area contributed by atoms with Gasteiger partial charge in [-0.15, -0.1) is 10.2 Å². The number of rotatable bonds is 3. The van der Waals surface area contributed by atoms with Gasteiger partial charge in [-0.25, -0.2) is 0 Å². The van der Waals surface area contributed by atoms with Crippen LogP contribution >= 0.6 is 0 Å². The number of amides is 1. The first-order chi connectivity index (χ1) is 11.3. The van der Waals surface area contributed by atoms with Gasteiger partial charge in [-0.05, 0) is 30.2 Å². The summed E-state index contributed by atoms with van der Waals surface area (Å²) >= 11 is 0. The van der Waals surface area contributed by atoms with Crippen molar-refractivity contribution in [2.24, 2.45) is 0 Å². The largest absolute Gasteiger partial charge is 0.325 e. The summed E-state index contributed by atoms with van der Waals surface area (Å²) in [6.07, 6.45) is 3.55. The third-order valence-electron chi connectivity index (χ3n) is 4.44. The maximum absolute atomic E-state index is 12.2. The summed E-state index contributed by atoms with van der Waals surface area (Å²) in [5.41, 5.74) is 3.19. The third-order valence-corrected chi connectivity index (χ3v) is 4.44. The molecule has 4 rings (SSSR count). The molecule has 7 heteroatoms. The lowest BCUT2D eigenvalue weighted by molar-refractivity contribution is -0.117. The molecule has 0 spiro atoms. The molecule has 0 bridgehead atoms. The Kier molecular flexibility index (Phi) is 3.80. The smallest absolute Gasteiger partial charge is 0.238 e. The van der Waals surface area contributed by atoms with Gasteiger partial charge >= 0.3 is 0 Å². The molecule has 0 atom stereocenters. The summed E-state index contributed by atoms with van der Waals surface area (Å²) in [5.74, 6) is 1.04. The Morgan fingerprint density at radius 3 is 3.00 bits per heavy atom. The Hall–Kier alpha value is -2.25. The van der Waals surface area contributed by atoms with Crippen molar-refractivity contribution in [3.8, 4) is 5.69 Å². The van der Waals surface area contributed by atoms with Crippen LogP contribution in [0.5, 0.6) is 0 Å². The van der Waals surface area contributed by atoms with Crippen molar-refractivity contribution < 1.29 is 4.79 Å². The molecule has 1 fully saturated rings. The molecule has 3 heterocycles. The first-order valence-electron chi connectivity index (χ1n) is 8.05. The number of carbonyl (C=O) groups excluding carboxylic acids is 1. The van der Waals surface area contributed by atoms with E-state index in [-0.39, 0.29) is 5.91 Å². The number of carbonyl (C=O) groups is 1. The number of hydrogen-bond acceptors (Lipinski definition) is 5. The van der Waals surface area contributed by atoms with Crippen molar-refractivity contribution in [2.45, 2.75) is 12.8 Å². The molecule has 1 amide bonds. The first kappa shape index (κ1) is 14.3. The Bertz CT molecular complexity index is 719. The van der Waals surface area contributed by atoms with Crippen molar-refractivity contribution in [3.63, 3.8) is 0 Å². The fraction of sp³-hybridized carbons (Fsp3) is 0.438. The lowest BCUT2D eigenvalue weighted by atomic mass is 10.0. The van der Waals surface area contributed by atoms with Crippen molar-refractivity contribution >= 4 is 11.6 Å². The second-order valence-electron chi connectivity index (χ2n) is 6.03. The van der Waals surface area contributed by atoms with Crippen LogP contribution in [0.4, 0.5) is 5.69 Å². The van der Waals surface area contributed by atoms with Gasteiger partial charge in [0, 0.05) is 38.3 Å². The number of hydrogen-bond donors (Lipinski definition) is 2. The topological polar surface area (TPSA) is 75.1 Å². The van der Waals surface area contributed by atoms with Gasteiger partial charge in [0.15, 0.2) is 0 Å². The van der Waals surface area contributed by atoms with E-state index in [0.29, 0.717) is 6.54 Å². The average Bonchev–Trinajstić information content (AvgIpc) is 3.04. The maximum atomic E-state index is 12.2. The van der Waals surface area contributed by atoms with E-state index in [9.17, 15) is 4.79 Å². The van der Waals surface area contributed by atoms with Gasteiger partial charge in [0.1, 0.15) is 12.2 Å². The summed E-state index contributed by atoms with van der Waals surface area (Å²) in [4.78, 5) is 14.4. The molecule has 1 aromatic carbocycles. The highest BCUT2D eigenvalue weighted by atomic mass is 16.2. The van der Waals surface area contributed by atoms with E-state index in [1.165, 1.54) is 5.56 Å². The molecule has 1 saturated heterocycles.